The van der Waals surface area contributed by atoms with Gasteiger partial charge in [0.1, 0.15) is 23.8 Å². The fraction of sp³-hybridized carbons (Fsp3) is 0.391. The average Bonchev–Trinajstić information content (AvgIpc) is 3.37. The van der Waals surface area contributed by atoms with Crippen molar-refractivity contribution < 1.29 is 8.95 Å². The third kappa shape index (κ3) is 4.71. The molecule has 6 nitrogen and oxygen atoms in total. The predicted octanol–water partition coefficient (Wildman–Crippen LogP) is 5.55. The number of nitrogens with one attached hydrogen (secondary N) is 1. The summed E-state index contributed by atoms with van der Waals surface area (Å²) in [6.45, 7) is 8.00. The molecule has 1 aromatic carbocycles. The van der Waals surface area contributed by atoms with Gasteiger partial charge >= 0.3 is 0 Å². The number of hydrogen-bond acceptors (Lipinski definition) is 4. The Kier molecular flexibility index (Phi) is 6.63. The van der Waals surface area contributed by atoms with Crippen LogP contribution in [0.5, 0.6) is 5.75 Å². The molecule has 1 aliphatic rings. The van der Waals surface area contributed by atoms with E-state index in [9.17, 15) is 4.21 Å². The van der Waals surface area contributed by atoms with Gasteiger partial charge in [-0.15, -0.1) is 0 Å². The van der Waals surface area contributed by atoms with Crippen molar-refractivity contribution >= 4 is 45.2 Å². The van der Waals surface area contributed by atoms with Crippen LogP contribution in [-0.4, -0.2) is 29.6 Å². The second kappa shape index (κ2) is 9.14. The largest absolute Gasteiger partial charge is 0.486 e. The van der Waals surface area contributed by atoms with Crippen molar-refractivity contribution in [2.75, 3.05) is 0 Å². The molecule has 2 aromatic heterocycles. The molecule has 1 N–H and O–H groups in total. The monoisotopic (exact) mass is 492 g/mol. The molecule has 2 heterocycles. The van der Waals surface area contributed by atoms with Gasteiger partial charge in [0, 0.05) is 30.1 Å². The number of rotatable bonds is 6. The van der Waals surface area contributed by atoms with Crippen molar-refractivity contribution in [3.8, 4) is 5.75 Å². The molecule has 9 heteroatoms. The van der Waals surface area contributed by atoms with Gasteiger partial charge in [-0.3, -0.25) is 0 Å². The maximum Gasteiger partial charge on any atom is 0.144 e. The number of hydrogen-bond donors (Lipinski definition) is 1. The molecule has 0 saturated carbocycles. The highest BCUT2D eigenvalue weighted by Crippen LogP contribution is 2.36. The highest BCUT2D eigenvalue weighted by atomic mass is 35.5. The van der Waals surface area contributed by atoms with Crippen LogP contribution in [0, 0.1) is 6.92 Å². The first-order valence-corrected chi connectivity index (χ1v) is 12.3. The maximum absolute atomic E-state index is 12.5. The molecule has 3 aromatic rings. The van der Waals surface area contributed by atoms with Crippen molar-refractivity contribution in [1.82, 2.24) is 19.3 Å². The minimum Gasteiger partial charge on any atom is -0.486 e. The van der Waals surface area contributed by atoms with Crippen LogP contribution < -0.4 is 9.46 Å². The standard InChI is InChI=1S/C23H26Cl2N4O2S/c1-14-17-9-10-29(22(17)27-13-26-14)15-5-6-16(11-15)31-20-8-7-19(24)21(25)18(20)12-28-32(30)23(2,3)4/h5-10,13,15-16,28H,11-12H2,1-4H3/t15-,16-,32?/m0/s1. The van der Waals surface area contributed by atoms with Crippen LogP contribution >= 0.6 is 23.2 Å². The van der Waals surface area contributed by atoms with Crippen LogP contribution in [0.1, 0.15) is 44.5 Å². The SMILES string of the molecule is Cc1ncnc2c1ccn2[C@H]1C=C[C@H](Oc2ccc(Cl)c(Cl)c2CNS(=O)C(C)(C)C)C1. The molecule has 0 fully saturated rings. The Morgan fingerprint density at radius 2 is 2.00 bits per heavy atom. The van der Waals surface area contributed by atoms with Crippen molar-refractivity contribution in [2.24, 2.45) is 0 Å². The zero-order valence-electron chi connectivity index (χ0n) is 18.4. The minimum atomic E-state index is -1.24. The number of ether oxygens (including phenoxy) is 1. The summed E-state index contributed by atoms with van der Waals surface area (Å²) >= 11 is 12.7. The van der Waals surface area contributed by atoms with Gasteiger partial charge in [-0.05, 0) is 52.0 Å². The first kappa shape index (κ1) is 23.2. The van der Waals surface area contributed by atoms with Crippen LogP contribution in [-0.2, 0) is 17.5 Å². The summed E-state index contributed by atoms with van der Waals surface area (Å²) in [5, 5.41) is 1.89. The van der Waals surface area contributed by atoms with E-state index < -0.39 is 15.7 Å². The van der Waals surface area contributed by atoms with Gasteiger partial charge in [-0.1, -0.05) is 29.3 Å². The lowest BCUT2D eigenvalue weighted by molar-refractivity contribution is 0.234. The Morgan fingerprint density at radius 1 is 1.22 bits per heavy atom. The third-order valence-corrected chi connectivity index (χ3v) is 7.82. The molecule has 1 unspecified atom stereocenters. The molecule has 4 rings (SSSR count). The Labute approximate surface area is 200 Å². The van der Waals surface area contributed by atoms with Crippen molar-refractivity contribution in [1.29, 1.82) is 0 Å². The van der Waals surface area contributed by atoms with Crippen molar-refractivity contribution in [3.63, 3.8) is 0 Å². The van der Waals surface area contributed by atoms with Crippen molar-refractivity contribution in [3.05, 3.63) is 64.2 Å². The van der Waals surface area contributed by atoms with Crippen LogP contribution in [0.3, 0.4) is 0 Å². The van der Waals surface area contributed by atoms with E-state index in [0.717, 1.165) is 23.1 Å². The van der Waals surface area contributed by atoms with Crippen LogP contribution in [0.2, 0.25) is 10.0 Å². The van der Waals surface area contributed by atoms with Gasteiger partial charge in [-0.2, -0.15) is 0 Å². The predicted molar refractivity (Wildman–Crippen MR) is 131 cm³/mol. The summed E-state index contributed by atoms with van der Waals surface area (Å²) in [7, 11) is -1.24. The lowest BCUT2D eigenvalue weighted by Crippen LogP contribution is -2.33. The average molecular weight is 493 g/mol. The molecular formula is C23H26Cl2N4O2S. The van der Waals surface area contributed by atoms with Gasteiger partial charge in [0.05, 0.1) is 37.5 Å². The van der Waals surface area contributed by atoms with E-state index in [2.05, 4.69) is 31.4 Å². The highest BCUT2D eigenvalue weighted by molar-refractivity contribution is 7.84. The normalized spacial score (nSPS) is 19.6. The van der Waals surface area contributed by atoms with Crippen LogP contribution in [0.15, 0.2) is 42.9 Å². The van der Waals surface area contributed by atoms with Gasteiger partial charge in [-0.25, -0.2) is 18.9 Å². The summed E-state index contributed by atoms with van der Waals surface area (Å²) in [6, 6.07) is 5.71. The van der Waals surface area contributed by atoms with Gasteiger partial charge in [0.15, 0.2) is 0 Å². The first-order chi connectivity index (χ1) is 15.1. The Hall–Kier alpha value is -1.93. The fourth-order valence-electron chi connectivity index (χ4n) is 3.67. The van der Waals surface area contributed by atoms with E-state index >= 15 is 0 Å². The van der Waals surface area contributed by atoms with Crippen LogP contribution in [0.25, 0.3) is 11.0 Å². The Morgan fingerprint density at radius 3 is 2.75 bits per heavy atom. The van der Waals surface area contributed by atoms with E-state index in [1.807, 2.05) is 46.0 Å². The quantitative estimate of drug-likeness (QED) is 0.458. The summed E-state index contributed by atoms with van der Waals surface area (Å²) in [5.74, 6) is 0.628. The fourth-order valence-corrected chi connectivity index (χ4v) is 4.78. The number of benzene rings is 1. The summed E-state index contributed by atoms with van der Waals surface area (Å²) in [4.78, 5) is 8.73. The maximum atomic E-state index is 12.5. The molecule has 0 aliphatic heterocycles. The number of halogens is 2. The Bertz CT molecular complexity index is 1200. The van der Waals surface area contributed by atoms with Gasteiger partial charge < -0.3 is 9.30 Å². The highest BCUT2D eigenvalue weighted by Gasteiger charge is 2.26. The smallest absolute Gasteiger partial charge is 0.144 e. The minimum absolute atomic E-state index is 0.129. The number of fused-ring (bicyclic) bond motifs is 1. The topological polar surface area (TPSA) is 69.0 Å². The first-order valence-electron chi connectivity index (χ1n) is 10.4. The summed E-state index contributed by atoms with van der Waals surface area (Å²) in [5.41, 5.74) is 2.57. The molecule has 0 spiro atoms. The molecule has 0 radical (unpaired) electrons. The molecule has 1 aliphatic carbocycles. The van der Waals surface area contributed by atoms with Crippen molar-refractivity contribution in [2.45, 2.75) is 57.6 Å². The van der Waals surface area contributed by atoms with E-state index in [1.54, 1.807) is 12.4 Å². The number of nitrogens with zero attached hydrogens (tertiary/aromatic N) is 3. The molecular weight excluding hydrogens is 467 g/mol. The lowest BCUT2D eigenvalue weighted by Gasteiger charge is -2.21. The van der Waals surface area contributed by atoms with Crippen LogP contribution in [0.4, 0.5) is 0 Å². The molecule has 0 bridgehead atoms. The number of allylic oxidation sites excluding steroid dienone is 1. The zero-order valence-corrected chi connectivity index (χ0v) is 20.8. The van der Waals surface area contributed by atoms with Gasteiger partial charge in [0.25, 0.3) is 0 Å². The van der Waals surface area contributed by atoms with E-state index in [0.29, 0.717) is 21.4 Å². The third-order valence-electron chi connectivity index (χ3n) is 5.46. The summed E-state index contributed by atoms with van der Waals surface area (Å²) in [6.07, 6.45) is 8.44. The number of aromatic nitrogens is 3. The molecule has 32 heavy (non-hydrogen) atoms. The number of aryl methyl sites for hydroxylation is 1. The molecule has 170 valence electrons. The molecule has 0 saturated heterocycles. The summed E-state index contributed by atoms with van der Waals surface area (Å²) < 4.78 is 23.6. The zero-order chi connectivity index (χ0) is 23.0. The Balaban J connectivity index is 1.51. The molecule has 3 atom stereocenters. The van der Waals surface area contributed by atoms with E-state index in [-0.39, 0.29) is 18.7 Å². The van der Waals surface area contributed by atoms with E-state index in [4.69, 9.17) is 27.9 Å². The van der Waals surface area contributed by atoms with E-state index in [1.165, 1.54) is 0 Å². The lowest BCUT2D eigenvalue weighted by atomic mass is 10.2. The second-order valence-electron chi connectivity index (χ2n) is 8.80. The van der Waals surface area contributed by atoms with Gasteiger partial charge in [0.2, 0.25) is 0 Å². The second-order valence-corrected chi connectivity index (χ2v) is 11.6. The molecule has 0 amide bonds.